The van der Waals surface area contributed by atoms with Crippen molar-refractivity contribution in [2.24, 2.45) is 0 Å². The topological polar surface area (TPSA) is 57.9 Å². The van der Waals surface area contributed by atoms with Crippen molar-refractivity contribution in [3.05, 3.63) is 51.4 Å². The number of hydrogen-bond acceptors (Lipinski definition) is 6. The van der Waals surface area contributed by atoms with Crippen LogP contribution in [0.5, 0.6) is 5.75 Å². The molecule has 10 heteroatoms. The Hall–Kier alpha value is -1.57. The van der Waals surface area contributed by atoms with Crippen LogP contribution in [0.15, 0.2) is 28.9 Å². The van der Waals surface area contributed by atoms with E-state index in [0.717, 1.165) is 23.5 Å². The summed E-state index contributed by atoms with van der Waals surface area (Å²) in [5, 5.41) is 12.1. The van der Waals surface area contributed by atoms with Gasteiger partial charge in [0.15, 0.2) is 11.6 Å². The van der Waals surface area contributed by atoms with Crippen LogP contribution in [0.1, 0.15) is 35.6 Å². The van der Waals surface area contributed by atoms with Gasteiger partial charge in [0.25, 0.3) is 0 Å². The number of ether oxygens (including phenoxy) is 1. The van der Waals surface area contributed by atoms with Crippen molar-refractivity contribution >= 4 is 45.3 Å². The van der Waals surface area contributed by atoms with Crippen LogP contribution in [0, 0.1) is 17.1 Å². The number of thioether (sulfide) groups is 2. The van der Waals surface area contributed by atoms with E-state index in [9.17, 15) is 8.78 Å². The van der Waals surface area contributed by atoms with Crippen LogP contribution >= 0.6 is 39.5 Å². The Morgan fingerprint density at radius 2 is 2.10 bits per heavy atom. The van der Waals surface area contributed by atoms with E-state index in [-0.39, 0.29) is 33.1 Å². The summed E-state index contributed by atoms with van der Waals surface area (Å²) < 4.78 is 45.5. The minimum Gasteiger partial charge on any atom is -0.431 e. The highest BCUT2D eigenvalue weighted by atomic mass is 79.9. The Bertz CT molecular complexity index is 980. The zero-order valence-corrected chi connectivity index (χ0v) is 18.1. The second kappa shape index (κ2) is 8.28. The van der Waals surface area contributed by atoms with Crippen molar-refractivity contribution in [2.75, 3.05) is 16.8 Å². The Morgan fingerprint density at radius 3 is 2.79 bits per heavy atom. The maximum Gasteiger partial charge on any atom is 0.387 e. The number of anilines is 1. The lowest BCUT2D eigenvalue weighted by Crippen LogP contribution is -2.29. The number of nitrogens with one attached hydrogen (secondary N) is 1. The molecule has 1 aromatic heterocycles. The molecule has 0 saturated carbocycles. The molecule has 4 rings (SSSR count). The lowest BCUT2D eigenvalue weighted by atomic mass is 9.86. The highest BCUT2D eigenvalue weighted by Gasteiger charge is 2.46. The van der Waals surface area contributed by atoms with Crippen molar-refractivity contribution in [1.29, 1.82) is 5.26 Å². The second-order valence-corrected chi connectivity index (χ2v) is 10.5. The molecular weight excluding hydrogens is 487 g/mol. The standard InChI is InChI=1S/C19H15BrF3N3OS2/c20-12-2-1-11-13(3-4-19(15(11)16(12)21)28-5-6-29-19)26-17-14(27-18(22)23)7-10(8-24)9-25-17/h1-2,7,9,13,18H,3-6H2,(H,25,26). The van der Waals surface area contributed by atoms with Gasteiger partial charge in [-0.1, -0.05) is 6.07 Å². The van der Waals surface area contributed by atoms with Crippen LogP contribution in [-0.2, 0) is 4.08 Å². The van der Waals surface area contributed by atoms with E-state index in [0.29, 0.717) is 16.5 Å². The molecule has 2 heterocycles. The summed E-state index contributed by atoms with van der Waals surface area (Å²) in [6, 6.07) is 6.28. The number of pyridine rings is 1. The quantitative estimate of drug-likeness (QED) is 0.551. The molecule has 152 valence electrons. The molecule has 0 bridgehead atoms. The average molecular weight is 502 g/mol. The smallest absolute Gasteiger partial charge is 0.387 e. The summed E-state index contributed by atoms with van der Waals surface area (Å²) in [5.41, 5.74) is 1.55. The van der Waals surface area contributed by atoms with Gasteiger partial charge in [-0.15, -0.1) is 23.5 Å². The van der Waals surface area contributed by atoms with Crippen LogP contribution < -0.4 is 10.1 Å². The molecule has 1 aromatic carbocycles. The number of nitrogens with zero attached hydrogens (tertiary/aromatic N) is 2. The fraction of sp³-hybridized carbons (Fsp3) is 0.368. The van der Waals surface area contributed by atoms with Gasteiger partial charge in [-0.2, -0.15) is 14.0 Å². The first kappa shape index (κ1) is 20.7. The molecule has 0 amide bonds. The number of fused-ring (bicyclic) bond motifs is 2. The van der Waals surface area contributed by atoms with Gasteiger partial charge in [0.2, 0.25) is 0 Å². The molecule has 1 aliphatic carbocycles. The number of nitriles is 1. The Balaban J connectivity index is 1.73. The number of benzene rings is 1. The molecule has 0 radical (unpaired) electrons. The third-order valence-corrected chi connectivity index (χ3v) is 9.05. The largest absolute Gasteiger partial charge is 0.431 e. The number of hydrogen-bond donors (Lipinski definition) is 1. The second-order valence-electron chi connectivity index (χ2n) is 6.57. The Kier molecular flexibility index (Phi) is 5.91. The number of alkyl halides is 2. The third kappa shape index (κ3) is 3.92. The van der Waals surface area contributed by atoms with E-state index in [1.807, 2.05) is 12.1 Å². The zero-order valence-electron chi connectivity index (χ0n) is 14.9. The van der Waals surface area contributed by atoms with Gasteiger partial charge in [0.05, 0.1) is 20.2 Å². The molecule has 1 aliphatic heterocycles. The minimum absolute atomic E-state index is 0.103. The summed E-state index contributed by atoms with van der Waals surface area (Å²) in [7, 11) is 0. The number of halogens is 4. The summed E-state index contributed by atoms with van der Waals surface area (Å²) in [5.74, 6) is 1.53. The summed E-state index contributed by atoms with van der Waals surface area (Å²) >= 11 is 6.80. The van der Waals surface area contributed by atoms with Crippen molar-refractivity contribution in [1.82, 2.24) is 4.98 Å². The maximum atomic E-state index is 15.2. The van der Waals surface area contributed by atoms with Gasteiger partial charge >= 0.3 is 6.61 Å². The van der Waals surface area contributed by atoms with Crippen LogP contribution in [0.2, 0.25) is 0 Å². The molecule has 1 saturated heterocycles. The Morgan fingerprint density at radius 1 is 1.34 bits per heavy atom. The zero-order chi connectivity index (χ0) is 20.6. The van der Waals surface area contributed by atoms with Gasteiger partial charge in [0.1, 0.15) is 11.9 Å². The molecule has 1 atom stereocenters. The molecule has 1 N–H and O–H groups in total. The normalized spacial score (nSPS) is 19.8. The Labute approximate surface area is 182 Å². The number of aromatic nitrogens is 1. The van der Waals surface area contributed by atoms with Crippen molar-refractivity contribution in [3.63, 3.8) is 0 Å². The summed E-state index contributed by atoms with van der Waals surface area (Å²) in [6.45, 7) is -3.05. The predicted octanol–water partition coefficient (Wildman–Crippen LogP) is 6.04. The van der Waals surface area contributed by atoms with Crippen LogP contribution in [-0.4, -0.2) is 23.1 Å². The fourth-order valence-corrected chi connectivity index (χ4v) is 7.43. The monoisotopic (exact) mass is 501 g/mol. The molecule has 2 aliphatic rings. The van der Waals surface area contributed by atoms with E-state index >= 15 is 4.39 Å². The van der Waals surface area contributed by atoms with E-state index in [1.165, 1.54) is 12.3 Å². The SMILES string of the molecule is N#Cc1cnc(NC2CCC3(SCCS3)c3c2ccc(Br)c3F)c(OC(F)F)c1. The first-order chi connectivity index (χ1) is 13.9. The van der Waals surface area contributed by atoms with Gasteiger partial charge in [-0.05, 0) is 40.4 Å². The van der Waals surface area contributed by atoms with E-state index < -0.39 is 6.61 Å². The van der Waals surface area contributed by atoms with E-state index in [4.69, 9.17) is 5.26 Å². The van der Waals surface area contributed by atoms with E-state index in [2.05, 4.69) is 31.0 Å². The third-order valence-electron chi connectivity index (χ3n) is 4.91. The highest BCUT2D eigenvalue weighted by molar-refractivity contribution is 9.10. The molecule has 2 aromatic rings. The lowest BCUT2D eigenvalue weighted by molar-refractivity contribution is -0.0496. The van der Waals surface area contributed by atoms with Crippen LogP contribution in [0.4, 0.5) is 19.0 Å². The minimum atomic E-state index is -3.05. The molecule has 29 heavy (non-hydrogen) atoms. The average Bonchev–Trinajstić information content (AvgIpc) is 3.16. The van der Waals surface area contributed by atoms with Crippen molar-refractivity contribution < 1.29 is 17.9 Å². The lowest BCUT2D eigenvalue weighted by Gasteiger charge is -2.39. The molecule has 4 nitrogen and oxygen atoms in total. The predicted molar refractivity (Wildman–Crippen MR) is 112 cm³/mol. The van der Waals surface area contributed by atoms with Gasteiger partial charge in [-0.25, -0.2) is 9.37 Å². The van der Waals surface area contributed by atoms with Gasteiger partial charge in [0, 0.05) is 29.3 Å². The maximum absolute atomic E-state index is 15.2. The van der Waals surface area contributed by atoms with Crippen LogP contribution in [0.3, 0.4) is 0 Å². The summed E-state index contributed by atoms with van der Waals surface area (Å²) in [6.07, 6.45) is 2.71. The fourth-order valence-electron chi connectivity index (χ4n) is 3.72. The molecular formula is C19H15BrF3N3OS2. The highest BCUT2D eigenvalue weighted by Crippen LogP contribution is 2.60. The van der Waals surface area contributed by atoms with Crippen molar-refractivity contribution in [3.8, 4) is 11.8 Å². The van der Waals surface area contributed by atoms with E-state index in [1.54, 1.807) is 29.6 Å². The molecule has 1 unspecified atom stereocenters. The number of rotatable bonds is 4. The summed E-state index contributed by atoms with van der Waals surface area (Å²) in [4.78, 5) is 4.09. The van der Waals surface area contributed by atoms with Gasteiger partial charge < -0.3 is 10.1 Å². The van der Waals surface area contributed by atoms with Gasteiger partial charge in [-0.3, -0.25) is 0 Å². The molecule has 1 spiro atoms. The molecule has 1 fully saturated rings. The van der Waals surface area contributed by atoms with Crippen LogP contribution in [0.25, 0.3) is 0 Å². The van der Waals surface area contributed by atoms with Crippen molar-refractivity contribution in [2.45, 2.75) is 29.6 Å². The first-order valence-electron chi connectivity index (χ1n) is 8.81. The first-order valence-corrected chi connectivity index (χ1v) is 11.6.